The minimum Gasteiger partial charge on any atom is -0.432 e. The number of rotatable bonds is 1. The highest BCUT2D eigenvalue weighted by Crippen LogP contribution is 2.29. The van der Waals surface area contributed by atoms with E-state index in [4.69, 9.17) is 10.2 Å². The summed E-state index contributed by atoms with van der Waals surface area (Å²) < 4.78 is 6.20. The maximum Gasteiger partial charge on any atom is 0.292 e. The van der Waals surface area contributed by atoms with E-state index in [1.54, 1.807) is 6.26 Å². The third kappa shape index (κ3) is 1.47. The van der Waals surface area contributed by atoms with Crippen LogP contribution in [0.25, 0.3) is 22.2 Å². The third-order valence-electron chi connectivity index (χ3n) is 2.44. The highest BCUT2D eigenvalue weighted by atomic mass is 127. The smallest absolute Gasteiger partial charge is 0.292 e. The zero-order chi connectivity index (χ0) is 11.1. The molecule has 16 heavy (non-hydrogen) atoms. The predicted molar refractivity (Wildman–Crippen MR) is 70.9 cm³/mol. The summed E-state index contributed by atoms with van der Waals surface area (Å²) in [6, 6.07) is 6.40. The van der Waals surface area contributed by atoms with Crippen molar-refractivity contribution in [3.63, 3.8) is 0 Å². The molecule has 80 valence electrons. The largest absolute Gasteiger partial charge is 0.432 e. The van der Waals surface area contributed by atoms with Gasteiger partial charge in [-0.2, -0.15) is 4.98 Å². The van der Waals surface area contributed by atoms with Crippen molar-refractivity contribution >= 4 is 39.5 Å². The fraction of sp³-hybridized carbons (Fsp3) is 0. The van der Waals surface area contributed by atoms with Crippen LogP contribution in [0.5, 0.6) is 0 Å². The Balaban J connectivity index is 2.27. The van der Waals surface area contributed by atoms with Crippen molar-refractivity contribution in [2.75, 3.05) is 5.73 Å². The minimum atomic E-state index is 0.190. The van der Waals surface area contributed by atoms with Crippen LogP contribution in [0.4, 0.5) is 6.01 Å². The summed E-state index contributed by atoms with van der Waals surface area (Å²) in [5.74, 6) is 0. The van der Waals surface area contributed by atoms with E-state index >= 15 is 0 Å². The van der Waals surface area contributed by atoms with Crippen molar-refractivity contribution in [3.05, 3.63) is 34.2 Å². The van der Waals surface area contributed by atoms with Crippen molar-refractivity contribution in [1.82, 2.24) is 9.97 Å². The van der Waals surface area contributed by atoms with Gasteiger partial charge in [-0.1, -0.05) is 0 Å². The molecule has 1 aromatic carbocycles. The normalized spacial score (nSPS) is 11.1. The highest BCUT2D eigenvalue weighted by molar-refractivity contribution is 14.1. The lowest BCUT2D eigenvalue weighted by Gasteiger charge is -1.94. The zero-order valence-corrected chi connectivity index (χ0v) is 10.4. The molecule has 0 spiro atoms. The molecular formula is C11H8IN3O. The molecule has 0 fully saturated rings. The van der Waals surface area contributed by atoms with Crippen molar-refractivity contribution in [2.24, 2.45) is 0 Å². The molecule has 0 amide bonds. The second-order valence-corrected chi connectivity index (χ2v) is 4.71. The van der Waals surface area contributed by atoms with Gasteiger partial charge in [0.15, 0.2) is 0 Å². The molecular weight excluding hydrogens is 317 g/mol. The number of benzene rings is 1. The summed E-state index contributed by atoms with van der Waals surface area (Å²) in [4.78, 5) is 7.32. The van der Waals surface area contributed by atoms with E-state index in [0.29, 0.717) is 0 Å². The molecule has 3 aromatic rings. The first kappa shape index (κ1) is 9.71. The van der Waals surface area contributed by atoms with Crippen LogP contribution >= 0.6 is 22.6 Å². The Kier molecular flexibility index (Phi) is 2.13. The number of aromatic amines is 1. The Hall–Kier alpha value is -1.50. The average Bonchev–Trinajstić information content (AvgIpc) is 2.83. The Morgan fingerprint density at radius 2 is 2.25 bits per heavy atom. The molecule has 0 radical (unpaired) electrons. The Labute approximate surface area is 105 Å². The topological polar surface area (TPSA) is 67.8 Å². The van der Waals surface area contributed by atoms with Crippen LogP contribution in [0.1, 0.15) is 0 Å². The molecule has 4 nitrogen and oxygen atoms in total. The number of anilines is 1. The number of aromatic nitrogens is 2. The lowest BCUT2D eigenvalue weighted by atomic mass is 10.1. The summed E-state index contributed by atoms with van der Waals surface area (Å²) in [7, 11) is 0. The molecule has 3 N–H and O–H groups in total. The Bertz CT molecular complexity index is 656. The van der Waals surface area contributed by atoms with E-state index < -0.39 is 0 Å². The van der Waals surface area contributed by atoms with Gasteiger partial charge >= 0.3 is 0 Å². The van der Waals surface area contributed by atoms with Gasteiger partial charge in [-0.25, -0.2) is 0 Å². The number of fused-ring (bicyclic) bond motifs is 1. The van der Waals surface area contributed by atoms with Crippen LogP contribution in [0.3, 0.4) is 0 Å². The fourth-order valence-corrected chi connectivity index (χ4v) is 2.21. The number of nitrogen functional groups attached to an aromatic ring is 1. The molecule has 0 saturated heterocycles. The molecule has 0 unspecified atom stereocenters. The average molecular weight is 325 g/mol. The number of oxazole rings is 1. The maximum absolute atomic E-state index is 5.47. The molecule has 0 atom stereocenters. The fourth-order valence-electron chi connectivity index (χ4n) is 1.72. The number of H-pyrrole nitrogens is 1. The van der Waals surface area contributed by atoms with Crippen molar-refractivity contribution in [2.45, 2.75) is 0 Å². The number of nitrogens with one attached hydrogen (secondary N) is 1. The van der Waals surface area contributed by atoms with Gasteiger partial charge in [0.1, 0.15) is 12.0 Å². The summed E-state index contributed by atoms with van der Waals surface area (Å²) in [5.41, 5.74) is 8.31. The van der Waals surface area contributed by atoms with Crippen LogP contribution in [0, 0.1) is 3.57 Å². The van der Waals surface area contributed by atoms with E-state index in [2.05, 4.69) is 44.7 Å². The van der Waals surface area contributed by atoms with Crippen molar-refractivity contribution in [1.29, 1.82) is 0 Å². The lowest BCUT2D eigenvalue weighted by molar-refractivity contribution is 0.581. The van der Waals surface area contributed by atoms with Gasteiger partial charge in [0, 0.05) is 26.2 Å². The van der Waals surface area contributed by atoms with Gasteiger partial charge in [0.05, 0.1) is 0 Å². The number of nitrogens with zero attached hydrogens (tertiary/aromatic N) is 1. The van der Waals surface area contributed by atoms with Gasteiger partial charge in [0.25, 0.3) is 6.01 Å². The molecule has 2 heterocycles. The molecule has 2 aromatic heterocycles. The lowest BCUT2D eigenvalue weighted by Crippen LogP contribution is -1.83. The number of hydrogen-bond donors (Lipinski definition) is 2. The van der Waals surface area contributed by atoms with Crippen LogP contribution < -0.4 is 5.73 Å². The number of halogens is 1. The van der Waals surface area contributed by atoms with Gasteiger partial charge in [-0.3, -0.25) is 0 Å². The molecule has 5 heteroatoms. The van der Waals surface area contributed by atoms with Crippen LogP contribution in [-0.4, -0.2) is 9.97 Å². The van der Waals surface area contributed by atoms with E-state index in [9.17, 15) is 0 Å². The zero-order valence-electron chi connectivity index (χ0n) is 8.20. The van der Waals surface area contributed by atoms with Crippen molar-refractivity contribution < 1.29 is 4.42 Å². The maximum atomic E-state index is 5.47. The summed E-state index contributed by atoms with van der Waals surface area (Å²) >= 11 is 2.28. The number of hydrogen-bond acceptors (Lipinski definition) is 3. The third-order valence-corrected chi connectivity index (χ3v) is 3.11. The molecule has 0 aliphatic carbocycles. The summed E-state index contributed by atoms with van der Waals surface area (Å²) in [6.45, 7) is 0. The van der Waals surface area contributed by atoms with E-state index in [-0.39, 0.29) is 6.01 Å². The van der Waals surface area contributed by atoms with Gasteiger partial charge < -0.3 is 15.1 Å². The SMILES string of the molecule is Nc1nc(-c2c[nH]c3ccc(I)cc23)co1. The molecule has 0 aliphatic rings. The second kappa shape index (κ2) is 3.51. The van der Waals surface area contributed by atoms with Gasteiger partial charge in [0.2, 0.25) is 0 Å². The summed E-state index contributed by atoms with van der Waals surface area (Å²) in [5, 5.41) is 1.13. The van der Waals surface area contributed by atoms with E-state index in [1.807, 2.05) is 12.3 Å². The highest BCUT2D eigenvalue weighted by Gasteiger charge is 2.10. The first-order valence-electron chi connectivity index (χ1n) is 4.72. The van der Waals surface area contributed by atoms with E-state index in [0.717, 1.165) is 22.2 Å². The van der Waals surface area contributed by atoms with Gasteiger partial charge in [-0.05, 0) is 40.8 Å². The van der Waals surface area contributed by atoms with E-state index in [1.165, 1.54) is 3.57 Å². The quantitative estimate of drug-likeness (QED) is 0.676. The molecule has 0 bridgehead atoms. The standard InChI is InChI=1S/C11H8IN3O/c12-6-1-2-9-7(3-6)8(4-14-9)10-5-16-11(13)15-10/h1-5,14H,(H2,13,15). The minimum absolute atomic E-state index is 0.190. The number of nitrogens with two attached hydrogens (primary N) is 1. The first-order valence-corrected chi connectivity index (χ1v) is 5.80. The molecule has 0 saturated carbocycles. The van der Waals surface area contributed by atoms with Crippen LogP contribution in [-0.2, 0) is 0 Å². The molecule has 3 rings (SSSR count). The molecule has 0 aliphatic heterocycles. The Morgan fingerprint density at radius 3 is 3.00 bits per heavy atom. The second-order valence-electron chi connectivity index (χ2n) is 3.46. The van der Waals surface area contributed by atoms with Crippen LogP contribution in [0.15, 0.2) is 35.1 Å². The Morgan fingerprint density at radius 1 is 1.38 bits per heavy atom. The van der Waals surface area contributed by atoms with Crippen LogP contribution in [0.2, 0.25) is 0 Å². The summed E-state index contributed by atoms with van der Waals surface area (Å²) in [6.07, 6.45) is 3.48. The monoisotopic (exact) mass is 325 g/mol. The predicted octanol–water partition coefficient (Wildman–Crippen LogP) is 3.01. The van der Waals surface area contributed by atoms with Gasteiger partial charge in [-0.15, -0.1) is 0 Å². The first-order chi connectivity index (χ1) is 7.74. The van der Waals surface area contributed by atoms with Crippen molar-refractivity contribution in [3.8, 4) is 11.3 Å².